The number of pyridine rings is 1. The predicted octanol–water partition coefficient (Wildman–Crippen LogP) is 5.28. The third-order valence-electron chi connectivity index (χ3n) is 6.94. The van der Waals surface area contributed by atoms with E-state index >= 15 is 4.39 Å². The minimum atomic E-state index is -2.31. The van der Waals surface area contributed by atoms with Gasteiger partial charge in [0.15, 0.2) is 11.6 Å². The van der Waals surface area contributed by atoms with Gasteiger partial charge in [-0.05, 0) is 73.6 Å². The molecule has 2 atom stereocenters. The lowest BCUT2D eigenvalue weighted by molar-refractivity contribution is 0.410. The van der Waals surface area contributed by atoms with Crippen LogP contribution in [-0.2, 0) is 11.3 Å². The summed E-state index contributed by atoms with van der Waals surface area (Å²) in [5.41, 5.74) is 8.89. The van der Waals surface area contributed by atoms with E-state index in [2.05, 4.69) is 25.0 Å². The van der Waals surface area contributed by atoms with Crippen molar-refractivity contribution >= 4 is 17.2 Å². The van der Waals surface area contributed by atoms with E-state index in [0.717, 1.165) is 25.7 Å². The predicted molar refractivity (Wildman–Crippen MR) is 153 cm³/mol. The molecule has 5 rings (SSSR count). The number of benzene rings is 2. The van der Waals surface area contributed by atoms with E-state index in [1.807, 2.05) is 24.3 Å². The van der Waals surface area contributed by atoms with Crippen molar-refractivity contribution in [2.24, 2.45) is 5.73 Å². The highest BCUT2D eigenvalue weighted by molar-refractivity contribution is 7.77. The van der Waals surface area contributed by atoms with Crippen LogP contribution in [-0.4, -0.2) is 35.8 Å². The first kappa shape index (κ1) is 27.8. The number of rotatable bonds is 9. The van der Waals surface area contributed by atoms with E-state index in [9.17, 15) is 8.76 Å². The van der Waals surface area contributed by atoms with Crippen LogP contribution in [0.2, 0.25) is 0 Å². The molecule has 0 radical (unpaired) electrons. The molecular formula is C29H31FN6O3S. The number of hydrogen-bond acceptors (Lipinski definition) is 7. The average Bonchev–Trinajstić information content (AvgIpc) is 2.95. The number of anilines is 1. The smallest absolute Gasteiger partial charge is 0.232 e. The van der Waals surface area contributed by atoms with Crippen LogP contribution in [0.4, 0.5) is 10.3 Å². The van der Waals surface area contributed by atoms with E-state index < -0.39 is 23.1 Å². The molecule has 4 aromatic rings. The van der Waals surface area contributed by atoms with Crippen LogP contribution < -0.4 is 20.5 Å². The third kappa shape index (κ3) is 6.68. The van der Waals surface area contributed by atoms with Crippen LogP contribution in [0, 0.1) is 12.7 Å². The fourth-order valence-electron chi connectivity index (χ4n) is 4.92. The van der Waals surface area contributed by atoms with Crippen LogP contribution in [0.1, 0.15) is 48.4 Å². The summed E-state index contributed by atoms with van der Waals surface area (Å²) in [5, 5.41) is 3.40. The lowest BCUT2D eigenvalue weighted by Crippen LogP contribution is -2.33. The van der Waals surface area contributed by atoms with Crippen molar-refractivity contribution in [3.05, 3.63) is 95.6 Å². The van der Waals surface area contributed by atoms with Gasteiger partial charge in [0.1, 0.15) is 0 Å². The number of nitrogens with two attached hydrogens (primary N) is 1. The van der Waals surface area contributed by atoms with Gasteiger partial charge in [-0.15, -0.1) is 0 Å². The van der Waals surface area contributed by atoms with Gasteiger partial charge in [-0.2, -0.15) is 0 Å². The number of aryl methyl sites for hydroxylation is 1. The zero-order valence-corrected chi connectivity index (χ0v) is 22.8. The second-order valence-corrected chi connectivity index (χ2v) is 10.6. The molecule has 9 nitrogen and oxygen atoms in total. The molecule has 0 saturated heterocycles. The largest absolute Gasteiger partial charge is 0.435 e. The Balaban J connectivity index is 1.41. The Hall–Kier alpha value is -3.77. The number of aromatic nitrogens is 3. The van der Waals surface area contributed by atoms with Crippen molar-refractivity contribution in [1.29, 1.82) is 0 Å². The number of hydrogen-bond donors (Lipinski definition) is 4. The third-order valence-corrected chi connectivity index (χ3v) is 7.38. The quantitative estimate of drug-likeness (QED) is 0.203. The Morgan fingerprint density at radius 2 is 1.80 bits per heavy atom. The van der Waals surface area contributed by atoms with Crippen LogP contribution in [0.5, 0.6) is 11.6 Å². The van der Waals surface area contributed by atoms with Gasteiger partial charge >= 0.3 is 0 Å². The molecule has 2 aromatic carbocycles. The van der Waals surface area contributed by atoms with Gasteiger partial charge < -0.3 is 15.8 Å². The zero-order valence-electron chi connectivity index (χ0n) is 22.0. The average molecular weight is 563 g/mol. The molecule has 1 aliphatic rings. The highest BCUT2D eigenvalue weighted by Crippen LogP contribution is 2.36. The van der Waals surface area contributed by atoms with Crippen molar-refractivity contribution in [2.75, 3.05) is 5.32 Å². The Bertz CT molecular complexity index is 1460. The maximum Gasteiger partial charge on any atom is 0.232 e. The molecular weight excluding hydrogens is 531 g/mol. The first-order valence-corrected chi connectivity index (χ1v) is 14.2. The standard InChI is InChI=1S/C29H31FN6O3S/c1-18-16-20(26(36-40(37)38)19-6-3-2-4-7-19)17-24(30)27(18)39-28-23(8-5-14-32-28)25-13-15-33-29(35-25)34-22-11-9-21(31)10-12-22/h2-8,13-17,21-22,26,36H,9-12,31H2,1H3,(H,37,38)(H,33,34,35). The van der Waals surface area contributed by atoms with E-state index in [-0.39, 0.29) is 23.7 Å². The Morgan fingerprint density at radius 3 is 2.52 bits per heavy atom. The highest BCUT2D eigenvalue weighted by atomic mass is 32.2. The van der Waals surface area contributed by atoms with Crippen LogP contribution >= 0.6 is 0 Å². The van der Waals surface area contributed by atoms with Crippen LogP contribution in [0.3, 0.4) is 0 Å². The molecule has 1 fully saturated rings. The molecule has 2 aromatic heterocycles. The molecule has 208 valence electrons. The maximum atomic E-state index is 15.5. The Kier molecular flexibility index (Phi) is 8.75. The summed E-state index contributed by atoms with van der Waals surface area (Å²) in [6.07, 6.45) is 7.07. The van der Waals surface area contributed by atoms with E-state index in [1.54, 1.807) is 49.6 Å². The molecule has 1 saturated carbocycles. The Morgan fingerprint density at radius 1 is 1.02 bits per heavy atom. The number of halogens is 1. The minimum absolute atomic E-state index is 0.00609. The molecule has 1 aliphatic carbocycles. The molecule has 0 amide bonds. The molecule has 40 heavy (non-hydrogen) atoms. The molecule has 0 bridgehead atoms. The zero-order chi connectivity index (χ0) is 28.1. The summed E-state index contributed by atoms with van der Waals surface area (Å²) < 4.78 is 45.3. The topological polar surface area (TPSA) is 135 Å². The van der Waals surface area contributed by atoms with Gasteiger partial charge in [-0.25, -0.2) is 28.3 Å². The lowest BCUT2D eigenvalue weighted by atomic mass is 9.92. The molecule has 2 unspecified atom stereocenters. The number of ether oxygens (including phenoxy) is 1. The Labute approximate surface area is 234 Å². The molecule has 0 aliphatic heterocycles. The van der Waals surface area contributed by atoms with Gasteiger partial charge in [-0.1, -0.05) is 36.4 Å². The number of nitrogens with zero attached hydrogens (tertiary/aromatic N) is 3. The second-order valence-electron chi connectivity index (χ2n) is 9.84. The summed E-state index contributed by atoms with van der Waals surface area (Å²) >= 11 is -2.31. The molecule has 2 heterocycles. The van der Waals surface area contributed by atoms with Crippen molar-refractivity contribution in [3.8, 4) is 22.9 Å². The molecule has 0 spiro atoms. The SMILES string of the molecule is Cc1cc(C(NS(=O)O)c2ccccc2)cc(F)c1Oc1ncccc1-c1ccnc(NC2CCC(N)CC2)n1. The summed E-state index contributed by atoms with van der Waals surface area (Å²) in [6.45, 7) is 1.71. The summed E-state index contributed by atoms with van der Waals surface area (Å²) in [5.74, 6) is 0.0742. The summed E-state index contributed by atoms with van der Waals surface area (Å²) in [4.78, 5) is 13.4. The lowest BCUT2D eigenvalue weighted by Gasteiger charge is -2.26. The van der Waals surface area contributed by atoms with Crippen molar-refractivity contribution < 1.29 is 17.9 Å². The van der Waals surface area contributed by atoms with E-state index in [1.165, 1.54) is 6.07 Å². The summed E-state index contributed by atoms with van der Waals surface area (Å²) in [7, 11) is 0. The molecule has 5 N–H and O–H groups in total. The van der Waals surface area contributed by atoms with Crippen molar-refractivity contribution in [3.63, 3.8) is 0 Å². The fourth-order valence-corrected chi connectivity index (χ4v) is 5.39. The highest BCUT2D eigenvalue weighted by Gasteiger charge is 2.22. The van der Waals surface area contributed by atoms with Gasteiger partial charge in [0.25, 0.3) is 0 Å². The van der Waals surface area contributed by atoms with Crippen LogP contribution in [0.15, 0.2) is 73.1 Å². The summed E-state index contributed by atoms with van der Waals surface area (Å²) in [6, 6.07) is 17.2. The van der Waals surface area contributed by atoms with Crippen molar-refractivity contribution in [1.82, 2.24) is 19.7 Å². The van der Waals surface area contributed by atoms with E-state index in [4.69, 9.17) is 10.5 Å². The van der Waals surface area contributed by atoms with Gasteiger partial charge in [0.05, 0.1) is 17.3 Å². The van der Waals surface area contributed by atoms with Gasteiger partial charge in [0.2, 0.25) is 23.1 Å². The fraction of sp³-hybridized carbons (Fsp3) is 0.276. The molecule has 11 heteroatoms. The van der Waals surface area contributed by atoms with Crippen molar-refractivity contribution in [2.45, 2.75) is 50.7 Å². The van der Waals surface area contributed by atoms with Gasteiger partial charge in [0, 0.05) is 24.5 Å². The van der Waals surface area contributed by atoms with Crippen LogP contribution in [0.25, 0.3) is 11.3 Å². The maximum absolute atomic E-state index is 15.5. The monoisotopic (exact) mass is 562 g/mol. The minimum Gasteiger partial charge on any atom is -0.435 e. The normalized spacial score (nSPS) is 18.6. The van der Waals surface area contributed by atoms with Gasteiger partial charge in [-0.3, -0.25) is 4.55 Å². The first-order chi connectivity index (χ1) is 19.4. The first-order valence-electron chi connectivity index (χ1n) is 13.1. The second kappa shape index (κ2) is 12.6. The van der Waals surface area contributed by atoms with E-state index in [0.29, 0.717) is 33.9 Å². The number of nitrogens with one attached hydrogen (secondary N) is 2.